The molecule has 0 aliphatic carbocycles. The number of hydrogen-bond acceptors (Lipinski definition) is 6. The first-order chi connectivity index (χ1) is 20.0. The molecule has 0 aromatic heterocycles. The van der Waals surface area contributed by atoms with Gasteiger partial charge in [-0.3, -0.25) is 19.8 Å². The van der Waals surface area contributed by atoms with Crippen LogP contribution >= 0.6 is 0 Å². The number of nitrogens with one attached hydrogen (secondary N) is 1. The molecule has 208 valence electrons. The van der Waals surface area contributed by atoms with Crippen molar-refractivity contribution in [3.05, 3.63) is 112 Å². The quantitative estimate of drug-likeness (QED) is 0.229. The fourth-order valence-corrected chi connectivity index (χ4v) is 7.38. The van der Waals surface area contributed by atoms with Crippen LogP contribution in [0.3, 0.4) is 0 Å². The Morgan fingerprint density at radius 1 is 0.976 bits per heavy atom. The first-order valence-electron chi connectivity index (χ1n) is 14.2. The largest absolute Gasteiger partial charge is 0.490 e. The number of rotatable bonds is 7. The minimum Gasteiger partial charge on any atom is -0.490 e. The van der Waals surface area contributed by atoms with E-state index in [1.807, 2.05) is 61.5 Å². The van der Waals surface area contributed by atoms with E-state index in [0.717, 1.165) is 29.4 Å². The SMILES string of the molecule is CCOc1cc([C@H]2[C@H]([N+](=O)[O-])[C@@]3(C(=O)Nc4ccccc43)N3CCC[C@@H]23)ccc1OCc1ccc2ccccc2c1. The van der Waals surface area contributed by atoms with Crippen molar-refractivity contribution in [3.8, 4) is 11.5 Å². The Hall–Kier alpha value is -4.43. The standard InChI is InChI=1S/C33H31N3O5/c1-2-40-29-19-24(15-16-28(29)41-20-21-13-14-22-8-3-4-9-23(22)18-21)30-27-12-7-17-35(27)33(31(30)36(38)39)25-10-5-6-11-26(25)34-32(33)37/h3-6,8-11,13-16,18-19,27,30-31H,2,7,12,17,20H2,1H3,(H,34,37)/t27-,30+,31-,33-/m0/s1. The van der Waals surface area contributed by atoms with Crippen LogP contribution in [0.5, 0.6) is 11.5 Å². The Morgan fingerprint density at radius 3 is 2.61 bits per heavy atom. The molecule has 4 aromatic carbocycles. The molecule has 4 aromatic rings. The average molecular weight is 550 g/mol. The topological polar surface area (TPSA) is 93.9 Å². The molecule has 3 aliphatic heterocycles. The van der Waals surface area contributed by atoms with E-state index < -0.39 is 17.5 Å². The molecule has 0 radical (unpaired) electrons. The van der Waals surface area contributed by atoms with Gasteiger partial charge in [0.25, 0.3) is 11.9 Å². The summed E-state index contributed by atoms with van der Waals surface area (Å²) in [6.45, 7) is 3.33. The van der Waals surface area contributed by atoms with Crippen LogP contribution in [0.1, 0.15) is 42.4 Å². The third-order valence-corrected chi connectivity index (χ3v) is 8.95. The highest BCUT2D eigenvalue weighted by molar-refractivity contribution is 6.07. The molecule has 7 rings (SSSR count). The smallest absolute Gasteiger partial charge is 0.256 e. The molecular weight excluding hydrogens is 518 g/mol. The molecule has 1 amide bonds. The second kappa shape index (κ2) is 9.89. The van der Waals surface area contributed by atoms with Crippen molar-refractivity contribution in [2.75, 3.05) is 18.5 Å². The summed E-state index contributed by atoms with van der Waals surface area (Å²) in [5.41, 5.74) is 1.83. The Morgan fingerprint density at radius 2 is 1.78 bits per heavy atom. The number of anilines is 1. The number of para-hydroxylation sites is 1. The minimum atomic E-state index is -1.34. The number of fused-ring (bicyclic) bond motifs is 5. The van der Waals surface area contributed by atoms with Crippen LogP contribution in [0, 0.1) is 10.1 Å². The maximum Gasteiger partial charge on any atom is 0.256 e. The minimum absolute atomic E-state index is 0.138. The molecular formula is C33H31N3O5. The summed E-state index contributed by atoms with van der Waals surface area (Å²) in [4.78, 5) is 28.5. The van der Waals surface area contributed by atoms with Gasteiger partial charge in [-0.05, 0) is 65.9 Å². The maximum absolute atomic E-state index is 13.7. The molecule has 4 atom stereocenters. The van der Waals surface area contributed by atoms with Crippen molar-refractivity contribution in [2.24, 2.45) is 0 Å². The molecule has 8 heteroatoms. The van der Waals surface area contributed by atoms with Gasteiger partial charge in [0.15, 0.2) is 17.0 Å². The van der Waals surface area contributed by atoms with Gasteiger partial charge in [0.1, 0.15) is 6.61 Å². The monoisotopic (exact) mass is 549 g/mol. The highest BCUT2D eigenvalue weighted by Gasteiger charge is 2.73. The molecule has 2 saturated heterocycles. The predicted octanol–water partition coefficient (Wildman–Crippen LogP) is 5.87. The molecule has 8 nitrogen and oxygen atoms in total. The number of carbonyl (C=O) groups excluding carboxylic acids is 1. The fraction of sp³-hybridized carbons (Fsp3) is 0.303. The molecule has 1 N–H and O–H groups in total. The van der Waals surface area contributed by atoms with Crippen LogP contribution in [0.4, 0.5) is 5.69 Å². The molecule has 2 fully saturated rings. The number of carbonyl (C=O) groups is 1. The van der Waals surface area contributed by atoms with E-state index in [1.165, 1.54) is 5.39 Å². The van der Waals surface area contributed by atoms with Crippen LogP contribution in [0.25, 0.3) is 10.8 Å². The van der Waals surface area contributed by atoms with Crippen molar-refractivity contribution in [2.45, 2.75) is 49.9 Å². The van der Waals surface area contributed by atoms with E-state index in [4.69, 9.17) is 9.47 Å². The Bertz CT molecular complexity index is 1670. The van der Waals surface area contributed by atoms with Gasteiger partial charge >= 0.3 is 0 Å². The van der Waals surface area contributed by atoms with Gasteiger partial charge in [-0.15, -0.1) is 0 Å². The number of benzene rings is 4. The van der Waals surface area contributed by atoms with Gasteiger partial charge in [-0.25, -0.2) is 0 Å². The van der Waals surface area contributed by atoms with Crippen LogP contribution in [-0.2, 0) is 16.9 Å². The summed E-state index contributed by atoms with van der Waals surface area (Å²) in [7, 11) is 0. The number of nitro groups is 1. The van der Waals surface area contributed by atoms with Crippen LogP contribution in [-0.4, -0.2) is 41.0 Å². The number of hydrogen-bond donors (Lipinski definition) is 1. The molecule has 1 spiro atoms. The Balaban J connectivity index is 1.25. The van der Waals surface area contributed by atoms with E-state index >= 15 is 0 Å². The summed E-state index contributed by atoms with van der Waals surface area (Å²) in [5.74, 6) is 0.337. The van der Waals surface area contributed by atoms with E-state index in [-0.39, 0.29) is 16.9 Å². The molecule has 0 unspecified atom stereocenters. The fourth-order valence-electron chi connectivity index (χ4n) is 7.38. The van der Waals surface area contributed by atoms with Gasteiger partial charge < -0.3 is 14.8 Å². The molecule has 0 bridgehead atoms. The molecule has 41 heavy (non-hydrogen) atoms. The zero-order valence-electron chi connectivity index (χ0n) is 22.8. The third-order valence-electron chi connectivity index (χ3n) is 8.95. The molecule has 3 aliphatic rings. The molecule has 0 saturated carbocycles. The number of amides is 1. The van der Waals surface area contributed by atoms with E-state index in [2.05, 4.69) is 40.5 Å². The number of ether oxygens (including phenoxy) is 2. The van der Waals surface area contributed by atoms with Crippen molar-refractivity contribution < 1.29 is 19.2 Å². The number of nitrogens with zero attached hydrogens (tertiary/aromatic N) is 2. The first kappa shape index (κ1) is 25.5. The van der Waals surface area contributed by atoms with Crippen LogP contribution in [0.2, 0.25) is 0 Å². The summed E-state index contributed by atoms with van der Waals surface area (Å²) >= 11 is 0. The van der Waals surface area contributed by atoms with Crippen LogP contribution < -0.4 is 14.8 Å². The van der Waals surface area contributed by atoms with Crippen molar-refractivity contribution >= 4 is 22.4 Å². The highest BCUT2D eigenvalue weighted by atomic mass is 16.6. The zero-order valence-corrected chi connectivity index (χ0v) is 22.8. The van der Waals surface area contributed by atoms with E-state index in [9.17, 15) is 14.9 Å². The van der Waals surface area contributed by atoms with Crippen molar-refractivity contribution in [3.63, 3.8) is 0 Å². The summed E-state index contributed by atoms with van der Waals surface area (Å²) in [5, 5.41) is 18.2. The average Bonchev–Trinajstić information content (AvgIpc) is 3.65. The zero-order chi connectivity index (χ0) is 28.1. The maximum atomic E-state index is 13.7. The van der Waals surface area contributed by atoms with Crippen LogP contribution in [0.15, 0.2) is 84.9 Å². The normalized spacial score (nSPS) is 24.8. The second-order valence-electron chi connectivity index (χ2n) is 11.0. The van der Waals surface area contributed by atoms with Gasteiger partial charge in [-0.1, -0.05) is 60.7 Å². The van der Waals surface area contributed by atoms with Gasteiger partial charge in [0.05, 0.1) is 12.5 Å². The second-order valence-corrected chi connectivity index (χ2v) is 11.0. The summed E-state index contributed by atoms with van der Waals surface area (Å²) in [6.07, 6.45) is 1.67. The third kappa shape index (κ3) is 3.89. The van der Waals surface area contributed by atoms with E-state index in [1.54, 1.807) is 0 Å². The predicted molar refractivity (Wildman–Crippen MR) is 156 cm³/mol. The molecule has 3 heterocycles. The van der Waals surface area contributed by atoms with Gasteiger partial charge in [0, 0.05) is 28.8 Å². The van der Waals surface area contributed by atoms with Crippen molar-refractivity contribution in [1.82, 2.24) is 4.90 Å². The summed E-state index contributed by atoms with van der Waals surface area (Å²) in [6, 6.07) is 26.2. The highest BCUT2D eigenvalue weighted by Crippen LogP contribution is 2.58. The lowest BCUT2D eigenvalue weighted by Gasteiger charge is -2.32. The Labute approximate surface area is 238 Å². The lowest BCUT2D eigenvalue weighted by molar-refractivity contribution is -0.534. The van der Waals surface area contributed by atoms with Gasteiger partial charge in [-0.2, -0.15) is 0 Å². The van der Waals surface area contributed by atoms with E-state index in [0.29, 0.717) is 42.5 Å². The lowest BCUT2D eigenvalue weighted by atomic mass is 9.77. The Kier molecular flexibility index (Phi) is 6.16. The summed E-state index contributed by atoms with van der Waals surface area (Å²) < 4.78 is 12.2. The van der Waals surface area contributed by atoms with Gasteiger partial charge in [0.2, 0.25) is 0 Å². The first-order valence-corrected chi connectivity index (χ1v) is 14.2. The van der Waals surface area contributed by atoms with Crippen molar-refractivity contribution in [1.29, 1.82) is 0 Å². The lowest BCUT2D eigenvalue weighted by Crippen LogP contribution is -2.55.